The number of hydrogen-bond donors (Lipinski definition) is 0. The van der Waals surface area contributed by atoms with E-state index in [-0.39, 0.29) is 0 Å². The van der Waals surface area contributed by atoms with Gasteiger partial charge in [0.1, 0.15) is 0 Å². The summed E-state index contributed by atoms with van der Waals surface area (Å²) in [7, 11) is 0. The van der Waals surface area contributed by atoms with Crippen LogP contribution in [0.1, 0.15) is 33.6 Å². The molecular weight excluding hydrogens is 120 g/mol. The molecule has 0 heteroatoms. The first-order valence-corrected chi connectivity index (χ1v) is 4.10. The predicted molar refractivity (Wildman–Crippen MR) is 45.9 cm³/mol. The molecule has 0 heterocycles. The van der Waals surface area contributed by atoms with Gasteiger partial charge in [0.25, 0.3) is 0 Å². The highest BCUT2D eigenvalue weighted by molar-refractivity contribution is 5.24. The average Bonchev–Trinajstić information content (AvgIpc) is 1.95. The Kier molecular flexibility index (Phi) is 2.31. The SMILES string of the molecule is CCC1=CC=C(C)[C@H](C)C1. The lowest BCUT2D eigenvalue weighted by atomic mass is 9.89. The van der Waals surface area contributed by atoms with E-state index in [9.17, 15) is 0 Å². The summed E-state index contributed by atoms with van der Waals surface area (Å²) in [5.41, 5.74) is 3.12. The minimum atomic E-state index is 0.778. The van der Waals surface area contributed by atoms with E-state index in [0.717, 1.165) is 5.92 Å². The molecule has 0 radical (unpaired) electrons. The van der Waals surface area contributed by atoms with Crippen LogP contribution in [0.4, 0.5) is 0 Å². The quantitative estimate of drug-likeness (QED) is 0.518. The molecule has 0 aromatic carbocycles. The largest absolute Gasteiger partial charge is 0.0702 e. The molecule has 1 aliphatic carbocycles. The molecule has 0 aromatic rings. The lowest BCUT2D eigenvalue weighted by molar-refractivity contribution is 0.648. The predicted octanol–water partition coefficient (Wildman–Crippen LogP) is 3.31. The van der Waals surface area contributed by atoms with Crippen molar-refractivity contribution in [2.45, 2.75) is 33.6 Å². The zero-order valence-corrected chi connectivity index (χ0v) is 7.15. The highest BCUT2D eigenvalue weighted by atomic mass is 14.1. The van der Waals surface area contributed by atoms with Crippen LogP contribution in [0.25, 0.3) is 0 Å². The summed E-state index contributed by atoms with van der Waals surface area (Å²) in [5, 5.41) is 0. The minimum Gasteiger partial charge on any atom is -0.0702 e. The van der Waals surface area contributed by atoms with E-state index in [1.807, 2.05) is 0 Å². The summed E-state index contributed by atoms with van der Waals surface area (Å²) < 4.78 is 0. The Hall–Kier alpha value is -0.520. The first-order valence-electron chi connectivity index (χ1n) is 4.10. The highest BCUT2D eigenvalue weighted by Crippen LogP contribution is 2.25. The first-order chi connectivity index (χ1) is 4.74. The molecule has 0 N–H and O–H groups in total. The summed E-state index contributed by atoms with van der Waals surface area (Å²) in [6.45, 7) is 6.75. The van der Waals surface area contributed by atoms with Crippen LogP contribution in [0.15, 0.2) is 23.3 Å². The van der Waals surface area contributed by atoms with Crippen molar-refractivity contribution < 1.29 is 0 Å². The van der Waals surface area contributed by atoms with Crippen LogP contribution in [-0.4, -0.2) is 0 Å². The molecule has 0 nitrogen and oxygen atoms in total. The van der Waals surface area contributed by atoms with Crippen LogP contribution in [0.2, 0.25) is 0 Å². The maximum Gasteiger partial charge on any atom is -0.0194 e. The van der Waals surface area contributed by atoms with Crippen molar-refractivity contribution in [2.24, 2.45) is 5.92 Å². The number of allylic oxidation sites excluding steroid dienone is 4. The van der Waals surface area contributed by atoms with Crippen LogP contribution in [0.3, 0.4) is 0 Å². The van der Waals surface area contributed by atoms with E-state index >= 15 is 0 Å². The van der Waals surface area contributed by atoms with E-state index < -0.39 is 0 Å². The average molecular weight is 136 g/mol. The molecule has 1 aliphatic rings. The van der Waals surface area contributed by atoms with Gasteiger partial charge in [-0.25, -0.2) is 0 Å². The summed E-state index contributed by atoms with van der Waals surface area (Å²) in [4.78, 5) is 0. The molecule has 0 saturated heterocycles. The van der Waals surface area contributed by atoms with Gasteiger partial charge in [0.15, 0.2) is 0 Å². The molecular formula is C10H16. The van der Waals surface area contributed by atoms with Crippen molar-refractivity contribution in [3.05, 3.63) is 23.3 Å². The van der Waals surface area contributed by atoms with Crippen molar-refractivity contribution in [1.29, 1.82) is 0 Å². The first kappa shape index (κ1) is 7.59. The fourth-order valence-electron chi connectivity index (χ4n) is 1.30. The lowest BCUT2D eigenvalue weighted by Gasteiger charge is -2.17. The van der Waals surface area contributed by atoms with Crippen molar-refractivity contribution in [1.82, 2.24) is 0 Å². The molecule has 0 aromatic heterocycles. The van der Waals surface area contributed by atoms with Gasteiger partial charge in [0, 0.05) is 0 Å². The second-order valence-electron chi connectivity index (χ2n) is 3.19. The number of rotatable bonds is 1. The maximum atomic E-state index is 2.30. The Labute approximate surface area is 63.6 Å². The van der Waals surface area contributed by atoms with Gasteiger partial charge in [-0.05, 0) is 25.7 Å². The maximum absolute atomic E-state index is 2.30. The zero-order valence-electron chi connectivity index (χ0n) is 7.15. The van der Waals surface area contributed by atoms with Gasteiger partial charge in [-0.1, -0.05) is 37.1 Å². The van der Waals surface area contributed by atoms with E-state index in [0.29, 0.717) is 0 Å². The lowest BCUT2D eigenvalue weighted by Crippen LogP contribution is -2.01. The van der Waals surface area contributed by atoms with Gasteiger partial charge in [-0.2, -0.15) is 0 Å². The molecule has 1 atom stereocenters. The Balaban J connectivity index is 2.68. The molecule has 56 valence electrons. The second kappa shape index (κ2) is 3.05. The molecule has 0 amide bonds. The van der Waals surface area contributed by atoms with Crippen LogP contribution >= 0.6 is 0 Å². The summed E-state index contributed by atoms with van der Waals surface area (Å²) >= 11 is 0. The third-order valence-electron chi connectivity index (χ3n) is 2.38. The van der Waals surface area contributed by atoms with Gasteiger partial charge in [-0.3, -0.25) is 0 Å². The summed E-state index contributed by atoms with van der Waals surface area (Å²) in [5.74, 6) is 0.778. The smallest absolute Gasteiger partial charge is 0.0194 e. The number of hydrogen-bond acceptors (Lipinski definition) is 0. The van der Waals surface area contributed by atoms with Crippen molar-refractivity contribution in [3.63, 3.8) is 0 Å². The van der Waals surface area contributed by atoms with Crippen LogP contribution in [0, 0.1) is 5.92 Å². The summed E-state index contributed by atoms with van der Waals surface area (Å²) in [6.07, 6.45) is 7.02. The molecule has 0 bridgehead atoms. The molecule has 0 unspecified atom stereocenters. The molecule has 10 heavy (non-hydrogen) atoms. The standard InChI is InChI=1S/C10H16/c1-4-10-6-5-8(2)9(3)7-10/h5-6,9H,4,7H2,1-3H3/t9-/m1/s1. The summed E-state index contributed by atoms with van der Waals surface area (Å²) in [6, 6.07) is 0. The van der Waals surface area contributed by atoms with Crippen LogP contribution in [0.5, 0.6) is 0 Å². The monoisotopic (exact) mass is 136 g/mol. The van der Waals surface area contributed by atoms with E-state index in [1.165, 1.54) is 18.4 Å². The van der Waals surface area contributed by atoms with Gasteiger partial charge in [0.2, 0.25) is 0 Å². The third-order valence-corrected chi connectivity index (χ3v) is 2.38. The zero-order chi connectivity index (χ0) is 7.56. The fraction of sp³-hybridized carbons (Fsp3) is 0.600. The Bertz CT molecular complexity index is 172. The molecule has 0 spiro atoms. The van der Waals surface area contributed by atoms with Crippen molar-refractivity contribution in [2.75, 3.05) is 0 Å². The third kappa shape index (κ3) is 1.50. The highest BCUT2D eigenvalue weighted by Gasteiger charge is 2.09. The van der Waals surface area contributed by atoms with Gasteiger partial charge in [0.05, 0.1) is 0 Å². The molecule has 1 rings (SSSR count). The van der Waals surface area contributed by atoms with E-state index in [4.69, 9.17) is 0 Å². The molecule has 0 aliphatic heterocycles. The Morgan fingerprint density at radius 2 is 2.20 bits per heavy atom. The minimum absolute atomic E-state index is 0.778. The second-order valence-corrected chi connectivity index (χ2v) is 3.19. The Morgan fingerprint density at radius 3 is 2.70 bits per heavy atom. The Morgan fingerprint density at radius 1 is 1.50 bits per heavy atom. The molecule has 0 fully saturated rings. The van der Waals surface area contributed by atoms with Crippen molar-refractivity contribution in [3.8, 4) is 0 Å². The topological polar surface area (TPSA) is 0 Å². The normalized spacial score (nSPS) is 25.7. The van der Waals surface area contributed by atoms with Crippen LogP contribution < -0.4 is 0 Å². The molecule has 0 saturated carbocycles. The van der Waals surface area contributed by atoms with Gasteiger partial charge < -0.3 is 0 Å². The van der Waals surface area contributed by atoms with Gasteiger partial charge >= 0.3 is 0 Å². The van der Waals surface area contributed by atoms with Gasteiger partial charge in [-0.15, -0.1) is 0 Å². The van der Waals surface area contributed by atoms with E-state index in [2.05, 4.69) is 32.9 Å². The van der Waals surface area contributed by atoms with Crippen LogP contribution in [-0.2, 0) is 0 Å². The fourth-order valence-corrected chi connectivity index (χ4v) is 1.30. The van der Waals surface area contributed by atoms with E-state index in [1.54, 1.807) is 5.57 Å². The van der Waals surface area contributed by atoms with Crippen molar-refractivity contribution >= 4 is 0 Å².